The molecule has 0 bridgehead atoms. The first-order valence-corrected chi connectivity index (χ1v) is 19.1. The van der Waals surface area contributed by atoms with Gasteiger partial charge in [-0.2, -0.15) is 0 Å². The van der Waals surface area contributed by atoms with Crippen LogP contribution < -0.4 is 10.6 Å². The fourth-order valence-electron chi connectivity index (χ4n) is 7.92. The third kappa shape index (κ3) is 6.94. The molecule has 6 heterocycles. The molecule has 56 heavy (non-hydrogen) atoms. The molecule has 284 valence electrons. The lowest BCUT2D eigenvalue weighted by Crippen LogP contribution is -2.27. The maximum Gasteiger partial charge on any atom is 0.192 e. The normalized spacial score (nSPS) is 15.5. The molecule has 4 aromatic heterocycles. The van der Waals surface area contributed by atoms with E-state index in [2.05, 4.69) is 55.9 Å². The number of nitrogens with one attached hydrogen (secondary N) is 3. The van der Waals surface area contributed by atoms with Crippen molar-refractivity contribution in [1.29, 1.82) is 0 Å². The molecule has 8 aromatic rings. The molecular weight excluding hydrogens is 713 g/mol. The third-order valence-electron chi connectivity index (χ3n) is 10.8. The summed E-state index contributed by atoms with van der Waals surface area (Å²) in [6.45, 7) is 11.4. The van der Waals surface area contributed by atoms with Crippen LogP contribution in [0.1, 0.15) is 72.0 Å². The second kappa shape index (κ2) is 14.7. The predicted octanol–water partition coefficient (Wildman–Crippen LogP) is 7.85. The van der Waals surface area contributed by atoms with Crippen LogP contribution >= 0.6 is 0 Å². The molecule has 0 amide bonds. The molecule has 0 unspecified atom stereocenters. The minimum atomic E-state index is -0.385. The van der Waals surface area contributed by atoms with Gasteiger partial charge in [0.1, 0.15) is 33.4 Å². The van der Waals surface area contributed by atoms with Crippen LogP contribution in [-0.2, 0) is 0 Å². The lowest BCUT2D eigenvalue weighted by atomic mass is 9.97. The number of hydrogen-bond donors (Lipinski definition) is 3. The van der Waals surface area contributed by atoms with Gasteiger partial charge in [-0.1, -0.05) is 0 Å². The Hall–Kier alpha value is -5.86. The number of aryl methyl sites for hydroxylation is 4. The molecule has 12 nitrogen and oxygen atoms in total. The molecule has 0 radical (unpaired) electrons. The van der Waals surface area contributed by atoms with E-state index in [1.54, 1.807) is 0 Å². The molecule has 3 N–H and O–H groups in total. The van der Waals surface area contributed by atoms with Gasteiger partial charge in [0.2, 0.25) is 0 Å². The highest BCUT2D eigenvalue weighted by molar-refractivity contribution is 5.89. The van der Waals surface area contributed by atoms with Crippen LogP contribution in [0.5, 0.6) is 0 Å². The van der Waals surface area contributed by atoms with E-state index >= 15 is 0 Å². The van der Waals surface area contributed by atoms with Crippen molar-refractivity contribution < 1.29 is 13.2 Å². The average molecular weight is 754 g/mol. The molecule has 2 saturated heterocycles. The van der Waals surface area contributed by atoms with Crippen molar-refractivity contribution in [2.24, 2.45) is 0 Å². The lowest BCUT2D eigenvalue weighted by molar-refractivity contribution is 0.442. The maximum atomic E-state index is 14.9. The molecule has 0 aliphatic carbocycles. The summed E-state index contributed by atoms with van der Waals surface area (Å²) in [6.07, 6.45) is 3.80. The number of rotatable bonds is 4. The molecule has 2 aliphatic rings. The number of H-pyrrole nitrogens is 1. The zero-order valence-electron chi connectivity index (χ0n) is 31.7. The molecule has 2 fully saturated rings. The summed E-state index contributed by atoms with van der Waals surface area (Å²) in [5.41, 5.74) is 10.2. The Morgan fingerprint density at radius 1 is 0.536 bits per heavy atom. The number of benzene rings is 4. The van der Waals surface area contributed by atoms with E-state index in [1.165, 1.54) is 12.1 Å². The van der Waals surface area contributed by atoms with Crippen LogP contribution in [0.4, 0.5) is 8.78 Å². The highest BCUT2D eigenvalue weighted by atomic mass is 19.1. The zero-order chi connectivity index (χ0) is 38.5. The quantitative estimate of drug-likeness (QED) is 0.161. The van der Waals surface area contributed by atoms with Gasteiger partial charge < -0.3 is 20.0 Å². The number of piperidine rings is 2. The summed E-state index contributed by atoms with van der Waals surface area (Å²) < 4.78 is 35.5. The van der Waals surface area contributed by atoms with E-state index in [4.69, 9.17) is 4.42 Å². The number of halogens is 2. The third-order valence-corrected chi connectivity index (χ3v) is 10.8. The first kappa shape index (κ1) is 35.8. The molecule has 14 heteroatoms. The fourth-order valence-corrected chi connectivity index (χ4v) is 7.92. The number of nitrogens with zero attached hydrogens (tertiary/aromatic N) is 8. The molecule has 0 atom stereocenters. The van der Waals surface area contributed by atoms with Gasteiger partial charge in [0.15, 0.2) is 34.8 Å². The number of aromatic amines is 1. The highest BCUT2D eigenvalue weighted by Gasteiger charge is 2.22. The summed E-state index contributed by atoms with van der Waals surface area (Å²) in [7, 11) is 0. The van der Waals surface area contributed by atoms with Gasteiger partial charge in [0.25, 0.3) is 0 Å². The largest absolute Gasteiger partial charge is 0.441 e. The number of aromatic nitrogens is 9. The van der Waals surface area contributed by atoms with E-state index in [0.29, 0.717) is 39.7 Å². The van der Waals surface area contributed by atoms with Gasteiger partial charge in [0.05, 0.1) is 11.0 Å². The monoisotopic (exact) mass is 753 g/mol. The highest BCUT2D eigenvalue weighted by Crippen LogP contribution is 2.33. The van der Waals surface area contributed by atoms with E-state index in [-0.39, 0.29) is 29.0 Å². The smallest absolute Gasteiger partial charge is 0.192 e. The van der Waals surface area contributed by atoms with Crippen LogP contribution in [0.25, 0.3) is 66.5 Å². The van der Waals surface area contributed by atoms with Gasteiger partial charge in [-0.15, -0.1) is 20.4 Å². The van der Waals surface area contributed by atoms with Gasteiger partial charge in [-0.3, -0.25) is 0 Å². The summed E-state index contributed by atoms with van der Waals surface area (Å²) in [4.78, 5) is 21.2. The molecule has 2 aliphatic heterocycles. The molecular formula is C42H41F2N11O. The van der Waals surface area contributed by atoms with Crippen molar-refractivity contribution >= 4 is 44.2 Å². The van der Waals surface area contributed by atoms with Crippen molar-refractivity contribution in [2.45, 2.75) is 65.2 Å². The molecule has 10 rings (SSSR count). The Bertz CT molecular complexity index is 2580. The van der Waals surface area contributed by atoms with E-state index < -0.39 is 0 Å². The summed E-state index contributed by atoms with van der Waals surface area (Å²) in [6, 6.07) is 14.6. The summed E-state index contributed by atoms with van der Waals surface area (Å²) in [5.74, 6) is 2.48. The van der Waals surface area contributed by atoms with Crippen LogP contribution in [0.2, 0.25) is 0 Å². The van der Waals surface area contributed by atoms with Crippen molar-refractivity contribution in [3.05, 3.63) is 94.7 Å². The average Bonchev–Trinajstić information content (AvgIpc) is 3.80. The number of imidazole rings is 1. The maximum absolute atomic E-state index is 14.9. The Morgan fingerprint density at radius 3 is 1.59 bits per heavy atom. The number of oxazole rings is 1. The van der Waals surface area contributed by atoms with Gasteiger partial charge >= 0.3 is 0 Å². The first-order chi connectivity index (χ1) is 27.2. The number of hydrogen-bond acceptors (Lipinski definition) is 11. The first-order valence-electron chi connectivity index (χ1n) is 19.1. The topological polar surface area (TPSA) is 156 Å². The number of fused-ring (bicyclic) bond motifs is 4. The predicted molar refractivity (Wildman–Crippen MR) is 211 cm³/mol. The standard InChI is InChI=1S/C21H21FN6.C21H20FN5O/c1-11-7-14(9-17-19(11)25-12(2)24-17)15-8-16(22)20-18(10-15)27-28-21(26-20)13-3-5-23-6-4-13;1-11-7-14(10-18-19(11)24-12(2)28-18)15-8-16(22)20-17(9-15)26-27-21(25-20)13-3-5-23-6-4-13/h7-10,13,23H,3-6H2,1-2H3,(H,24,25);7-10,13,23H,3-6H2,1-2H3. The fraction of sp³-hybridized carbons (Fsp3) is 0.333. The van der Waals surface area contributed by atoms with Gasteiger partial charge in [-0.25, -0.2) is 28.7 Å². The zero-order valence-corrected chi connectivity index (χ0v) is 31.7. The Labute approximate surface area is 321 Å². The van der Waals surface area contributed by atoms with Crippen molar-refractivity contribution in [3.8, 4) is 22.3 Å². The molecule has 4 aromatic carbocycles. The minimum Gasteiger partial charge on any atom is -0.441 e. The van der Waals surface area contributed by atoms with Crippen LogP contribution in [-0.4, -0.2) is 71.5 Å². The molecule has 0 spiro atoms. The van der Waals surface area contributed by atoms with Crippen molar-refractivity contribution in [1.82, 2.24) is 55.9 Å². The van der Waals surface area contributed by atoms with E-state index in [1.807, 2.05) is 64.1 Å². The van der Waals surface area contributed by atoms with Crippen LogP contribution in [0.3, 0.4) is 0 Å². The Kier molecular flexibility index (Phi) is 9.38. The summed E-state index contributed by atoms with van der Waals surface area (Å²) in [5, 5.41) is 23.8. The Balaban J connectivity index is 0.000000146. The second-order valence-corrected chi connectivity index (χ2v) is 14.9. The SMILES string of the molecule is Cc1nc2c(C)cc(-c3cc(F)c4nc(C5CCNCC5)nnc4c3)cc2[nH]1.Cc1nc2c(C)cc(-c3cc(F)c4nc(C5CCNCC5)nnc4c3)cc2o1. The minimum absolute atomic E-state index is 0.233. The van der Waals surface area contributed by atoms with E-state index in [0.717, 1.165) is 108 Å². The molecule has 0 saturated carbocycles. The van der Waals surface area contributed by atoms with Gasteiger partial charge in [-0.05, 0) is 155 Å². The van der Waals surface area contributed by atoms with Crippen molar-refractivity contribution in [2.75, 3.05) is 26.2 Å². The van der Waals surface area contributed by atoms with E-state index in [9.17, 15) is 8.78 Å². The lowest BCUT2D eigenvalue weighted by Gasteiger charge is -2.20. The Morgan fingerprint density at radius 2 is 1.04 bits per heavy atom. The summed E-state index contributed by atoms with van der Waals surface area (Å²) >= 11 is 0. The second-order valence-electron chi connectivity index (χ2n) is 14.9. The van der Waals surface area contributed by atoms with Crippen molar-refractivity contribution in [3.63, 3.8) is 0 Å². The van der Waals surface area contributed by atoms with Crippen LogP contribution in [0.15, 0.2) is 52.9 Å². The van der Waals surface area contributed by atoms with Crippen LogP contribution in [0, 0.1) is 39.3 Å². The van der Waals surface area contributed by atoms with Gasteiger partial charge in [0, 0.05) is 18.8 Å².